The molecule has 16 heavy (non-hydrogen) atoms. The van der Waals surface area contributed by atoms with E-state index in [0.717, 1.165) is 5.56 Å². The van der Waals surface area contributed by atoms with Crippen LogP contribution in [0.2, 0.25) is 0 Å². The number of ether oxygens (including phenoxy) is 1. The molecular weight excluding hydrogens is 207 g/mol. The number of benzene rings is 1. The highest BCUT2D eigenvalue weighted by Gasteiger charge is 2.18. The van der Waals surface area contributed by atoms with Crippen molar-refractivity contribution < 1.29 is 14.2 Å². The van der Waals surface area contributed by atoms with Crippen molar-refractivity contribution in [3.63, 3.8) is 0 Å². The second kappa shape index (κ2) is 5.30. The Morgan fingerprint density at radius 3 is 2.75 bits per heavy atom. The van der Waals surface area contributed by atoms with E-state index in [0.29, 0.717) is 24.7 Å². The third-order valence-electron chi connectivity index (χ3n) is 3.04. The van der Waals surface area contributed by atoms with Gasteiger partial charge in [-0.05, 0) is 42.9 Å². The molecule has 1 aromatic rings. The van der Waals surface area contributed by atoms with Crippen LogP contribution in [0.4, 0.5) is 4.39 Å². The largest absolute Gasteiger partial charge is 0.493 e. The maximum absolute atomic E-state index is 13.2. The van der Waals surface area contributed by atoms with Crippen molar-refractivity contribution in [2.24, 2.45) is 5.92 Å². The summed E-state index contributed by atoms with van der Waals surface area (Å²) in [5.41, 5.74) is 0.783. The van der Waals surface area contributed by atoms with Crippen molar-refractivity contribution in [2.75, 3.05) is 13.2 Å². The van der Waals surface area contributed by atoms with E-state index in [1.165, 1.54) is 31.4 Å². The van der Waals surface area contributed by atoms with Gasteiger partial charge in [0.15, 0.2) is 0 Å². The molecule has 0 bridgehead atoms. The quantitative estimate of drug-likeness (QED) is 0.832. The standard InChI is InChI=1S/C13H17FO2/c14-12-6-11(4-5-15)7-13(8-12)16-9-10-2-1-3-10/h6-8,10,15H,1-5,9H2. The van der Waals surface area contributed by atoms with Crippen LogP contribution in [-0.2, 0) is 6.42 Å². The first-order valence-corrected chi connectivity index (χ1v) is 5.81. The second-order valence-corrected chi connectivity index (χ2v) is 4.38. The zero-order chi connectivity index (χ0) is 11.4. The van der Waals surface area contributed by atoms with Crippen LogP contribution in [-0.4, -0.2) is 18.3 Å². The molecule has 2 rings (SSSR count). The molecule has 1 aromatic carbocycles. The van der Waals surface area contributed by atoms with Crippen molar-refractivity contribution in [2.45, 2.75) is 25.7 Å². The van der Waals surface area contributed by atoms with E-state index in [4.69, 9.17) is 9.84 Å². The average molecular weight is 224 g/mol. The van der Waals surface area contributed by atoms with E-state index in [2.05, 4.69) is 0 Å². The summed E-state index contributed by atoms with van der Waals surface area (Å²) in [6.07, 6.45) is 4.20. The summed E-state index contributed by atoms with van der Waals surface area (Å²) >= 11 is 0. The molecule has 1 aliphatic rings. The predicted octanol–water partition coefficient (Wildman–Crippen LogP) is 2.54. The van der Waals surface area contributed by atoms with Crippen molar-refractivity contribution in [1.29, 1.82) is 0 Å². The SMILES string of the molecule is OCCc1cc(F)cc(OCC2CCC2)c1. The van der Waals surface area contributed by atoms with Gasteiger partial charge >= 0.3 is 0 Å². The minimum absolute atomic E-state index is 0.0333. The Labute approximate surface area is 95.1 Å². The lowest BCUT2D eigenvalue weighted by Crippen LogP contribution is -2.19. The smallest absolute Gasteiger partial charge is 0.127 e. The monoisotopic (exact) mass is 224 g/mol. The van der Waals surface area contributed by atoms with Crippen LogP contribution in [0.1, 0.15) is 24.8 Å². The highest BCUT2D eigenvalue weighted by Crippen LogP contribution is 2.27. The predicted molar refractivity (Wildman–Crippen MR) is 60.0 cm³/mol. The molecular formula is C13H17FO2. The maximum atomic E-state index is 13.2. The molecule has 1 saturated carbocycles. The number of hydrogen-bond acceptors (Lipinski definition) is 2. The molecule has 1 N–H and O–H groups in total. The number of aliphatic hydroxyl groups excluding tert-OH is 1. The van der Waals surface area contributed by atoms with Crippen molar-refractivity contribution >= 4 is 0 Å². The van der Waals surface area contributed by atoms with Gasteiger partial charge in [-0.3, -0.25) is 0 Å². The molecule has 1 aliphatic carbocycles. The lowest BCUT2D eigenvalue weighted by Gasteiger charge is -2.25. The summed E-state index contributed by atoms with van der Waals surface area (Å²) in [5.74, 6) is 0.925. The van der Waals surface area contributed by atoms with Gasteiger partial charge in [0.1, 0.15) is 11.6 Å². The molecule has 2 nitrogen and oxygen atoms in total. The molecule has 0 amide bonds. The van der Waals surface area contributed by atoms with Crippen LogP contribution < -0.4 is 4.74 Å². The van der Waals surface area contributed by atoms with E-state index >= 15 is 0 Å². The van der Waals surface area contributed by atoms with E-state index in [-0.39, 0.29) is 12.4 Å². The first kappa shape index (κ1) is 11.4. The van der Waals surface area contributed by atoms with E-state index in [1.54, 1.807) is 6.07 Å². The van der Waals surface area contributed by atoms with Crippen LogP contribution in [0.15, 0.2) is 18.2 Å². The Kier molecular flexibility index (Phi) is 3.78. The molecule has 0 unspecified atom stereocenters. The van der Waals surface area contributed by atoms with Crippen LogP contribution in [0.25, 0.3) is 0 Å². The average Bonchev–Trinajstić information content (AvgIpc) is 2.14. The van der Waals surface area contributed by atoms with E-state index in [9.17, 15) is 4.39 Å². The van der Waals surface area contributed by atoms with Crippen LogP contribution >= 0.6 is 0 Å². The lowest BCUT2D eigenvalue weighted by molar-refractivity contribution is 0.180. The normalized spacial score (nSPS) is 15.9. The molecule has 0 atom stereocenters. The summed E-state index contributed by atoms with van der Waals surface area (Å²) in [5, 5.41) is 8.80. The fraction of sp³-hybridized carbons (Fsp3) is 0.538. The first-order valence-electron chi connectivity index (χ1n) is 5.81. The second-order valence-electron chi connectivity index (χ2n) is 4.38. The maximum Gasteiger partial charge on any atom is 0.127 e. The van der Waals surface area contributed by atoms with Gasteiger partial charge < -0.3 is 9.84 Å². The minimum Gasteiger partial charge on any atom is -0.493 e. The Morgan fingerprint density at radius 1 is 1.31 bits per heavy atom. The van der Waals surface area contributed by atoms with Gasteiger partial charge in [0.05, 0.1) is 6.61 Å². The van der Waals surface area contributed by atoms with Crippen molar-refractivity contribution in [3.05, 3.63) is 29.6 Å². The molecule has 1 fully saturated rings. The Bertz CT molecular complexity index is 348. The zero-order valence-electron chi connectivity index (χ0n) is 9.29. The van der Waals surface area contributed by atoms with Gasteiger partial charge in [-0.2, -0.15) is 0 Å². The minimum atomic E-state index is -0.297. The van der Waals surface area contributed by atoms with Crippen molar-refractivity contribution in [3.8, 4) is 5.75 Å². The molecule has 88 valence electrons. The van der Waals surface area contributed by atoms with Gasteiger partial charge in [0, 0.05) is 12.7 Å². The number of hydrogen-bond donors (Lipinski definition) is 1. The van der Waals surface area contributed by atoms with Crippen LogP contribution in [0.5, 0.6) is 5.75 Å². The molecule has 0 aliphatic heterocycles. The van der Waals surface area contributed by atoms with Gasteiger partial charge in [0.2, 0.25) is 0 Å². The Balaban J connectivity index is 1.95. The Hall–Kier alpha value is -1.09. The number of halogens is 1. The highest BCUT2D eigenvalue weighted by molar-refractivity contribution is 5.29. The third kappa shape index (κ3) is 2.95. The van der Waals surface area contributed by atoms with E-state index < -0.39 is 0 Å². The highest BCUT2D eigenvalue weighted by atomic mass is 19.1. The molecule has 0 heterocycles. The summed E-state index contributed by atoms with van der Waals surface area (Å²) in [4.78, 5) is 0. The molecule has 0 aromatic heterocycles. The van der Waals surface area contributed by atoms with Gasteiger partial charge in [-0.15, -0.1) is 0 Å². The molecule has 0 radical (unpaired) electrons. The van der Waals surface area contributed by atoms with Gasteiger partial charge in [-0.25, -0.2) is 4.39 Å². The molecule has 0 saturated heterocycles. The fourth-order valence-corrected chi connectivity index (χ4v) is 1.85. The first-order chi connectivity index (χ1) is 7.78. The summed E-state index contributed by atoms with van der Waals surface area (Å²) in [7, 11) is 0. The third-order valence-corrected chi connectivity index (χ3v) is 3.04. The summed E-state index contributed by atoms with van der Waals surface area (Å²) in [6, 6.07) is 4.64. The zero-order valence-corrected chi connectivity index (χ0v) is 9.29. The van der Waals surface area contributed by atoms with E-state index in [1.807, 2.05) is 0 Å². The van der Waals surface area contributed by atoms with Crippen LogP contribution in [0, 0.1) is 11.7 Å². The lowest BCUT2D eigenvalue weighted by atomic mass is 9.86. The number of rotatable bonds is 5. The Morgan fingerprint density at radius 2 is 2.12 bits per heavy atom. The number of aliphatic hydroxyl groups is 1. The summed E-state index contributed by atoms with van der Waals surface area (Å²) < 4.78 is 18.8. The summed E-state index contributed by atoms with van der Waals surface area (Å²) in [6.45, 7) is 0.716. The molecule has 3 heteroatoms. The van der Waals surface area contributed by atoms with Gasteiger partial charge in [-0.1, -0.05) is 6.42 Å². The van der Waals surface area contributed by atoms with Gasteiger partial charge in [0.25, 0.3) is 0 Å². The fourth-order valence-electron chi connectivity index (χ4n) is 1.85. The topological polar surface area (TPSA) is 29.5 Å². The molecule has 0 spiro atoms. The van der Waals surface area contributed by atoms with Crippen LogP contribution in [0.3, 0.4) is 0 Å². The van der Waals surface area contributed by atoms with Crippen molar-refractivity contribution in [1.82, 2.24) is 0 Å².